The number of hydrogen-bond acceptors (Lipinski definition) is 2. The van der Waals surface area contributed by atoms with Gasteiger partial charge in [0, 0.05) is 0 Å². The van der Waals surface area contributed by atoms with Gasteiger partial charge in [0.15, 0.2) is 0 Å². The zero-order chi connectivity index (χ0) is 16.8. The standard InChI is InChI=1S/C19H26N2O2/c1-13-9-18(3,4)12-19(10-13)16(22)21(17(23)20-19)11-15-8-6-5-7-14(15)2/h5-8,13H,9-12H2,1-4H3,(H,20,23)/t13-,19+/m0/s1. The lowest BCUT2D eigenvalue weighted by atomic mass is 9.64. The van der Waals surface area contributed by atoms with Crippen LogP contribution in [-0.4, -0.2) is 22.4 Å². The molecule has 1 aliphatic carbocycles. The Morgan fingerprint density at radius 2 is 1.91 bits per heavy atom. The minimum absolute atomic E-state index is 0.0506. The quantitative estimate of drug-likeness (QED) is 0.847. The average Bonchev–Trinajstić information content (AvgIpc) is 2.62. The molecule has 0 unspecified atom stereocenters. The normalized spacial score (nSPS) is 29.9. The number of nitrogens with one attached hydrogen (secondary N) is 1. The lowest BCUT2D eigenvalue weighted by Crippen LogP contribution is -2.54. The summed E-state index contributed by atoms with van der Waals surface area (Å²) in [4.78, 5) is 27.0. The fraction of sp³-hybridized carbons (Fsp3) is 0.579. The number of carbonyl (C=O) groups excluding carboxylic acids is 2. The largest absolute Gasteiger partial charge is 0.325 e. The van der Waals surface area contributed by atoms with Gasteiger partial charge in [0.05, 0.1) is 6.54 Å². The Balaban J connectivity index is 1.87. The van der Waals surface area contributed by atoms with E-state index in [2.05, 4.69) is 26.1 Å². The molecule has 1 aliphatic heterocycles. The Hall–Kier alpha value is -1.84. The minimum atomic E-state index is -0.707. The van der Waals surface area contributed by atoms with Crippen LogP contribution in [-0.2, 0) is 11.3 Å². The number of benzene rings is 1. The number of amides is 3. The SMILES string of the molecule is Cc1ccccc1CN1C(=O)N[C@@]2(C[C@@H](C)CC(C)(C)C2)C1=O. The van der Waals surface area contributed by atoms with Crippen LogP contribution >= 0.6 is 0 Å². The van der Waals surface area contributed by atoms with E-state index < -0.39 is 5.54 Å². The molecule has 0 radical (unpaired) electrons. The summed E-state index contributed by atoms with van der Waals surface area (Å²) in [5.41, 5.74) is 1.49. The van der Waals surface area contributed by atoms with Gasteiger partial charge in [-0.25, -0.2) is 4.79 Å². The molecule has 1 aromatic rings. The third kappa shape index (κ3) is 2.87. The van der Waals surface area contributed by atoms with Gasteiger partial charge in [0.25, 0.3) is 5.91 Å². The monoisotopic (exact) mass is 314 g/mol. The fourth-order valence-corrected chi connectivity index (χ4v) is 4.61. The van der Waals surface area contributed by atoms with Gasteiger partial charge in [0.1, 0.15) is 5.54 Å². The van der Waals surface area contributed by atoms with E-state index in [1.54, 1.807) is 0 Å². The molecule has 0 bridgehead atoms. The maximum Gasteiger partial charge on any atom is 0.325 e. The lowest BCUT2D eigenvalue weighted by Gasteiger charge is -2.43. The smallest absolute Gasteiger partial charge is 0.323 e. The summed E-state index contributed by atoms with van der Waals surface area (Å²) in [7, 11) is 0. The highest BCUT2D eigenvalue weighted by Crippen LogP contribution is 2.46. The Morgan fingerprint density at radius 1 is 1.22 bits per heavy atom. The second kappa shape index (κ2) is 5.36. The molecular formula is C19H26N2O2. The molecule has 2 fully saturated rings. The minimum Gasteiger partial charge on any atom is -0.323 e. The van der Waals surface area contributed by atoms with Crippen LogP contribution in [0.2, 0.25) is 0 Å². The maximum atomic E-state index is 13.1. The van der Waals surface area contributed by atoms with Gasteiger partial charge >= 0.3 is 6.03 Å². The van der Waals surface area contributed by atoms with E-state index >= 15 is 0 Å². The van der Waals surface area contributed by atoms with Crippen LogP contribution < -0.4 is 5.32 Å². The van der Waals surface area contributed by atoms with Crippen LogP contribution in [0.5, 0.6) is 0 Å². The van der Waals surface area contributed by atoms with Crippen LogP contribution in [0.1, 0.15) is 51.2 Å². The number of carbonyl (C=O) groups is 2. The van der Waals surface area contributed by atoms with E-state index in [1.165, 1.54) is 4.90 Å². The van der Waals surface area contributed by atoms with Crippen LogP contribution in [0.3, 0.4) is 0 Å². The molecular weight excluding hydrogens is 288 g/mol. The lowest BCUT2D eigenvalue weighted by molar-refractivity contribution is -0.135. The van der Waals surface area contributed by atoms with Gasteiger partial charge in [-0.1, -0.05) is 45.0 Å². The molecule has 3 amide bonds. The highest BCUT2D eigenvalue weighted by molar-refractivity contribution is 6.07. The van der Waals surface area contributed by atoms with Crippen LogP contribution in [0.15, 0.2) is 24.3 Å². The van der Waals surface area contributed by atoms with Crippen LogP contribution in [0.25, 0.3) is 0 Å². The van der Waals surface area contributed by atoms with Crippen molar-refractivity contribution in [2.45, 2.75) is 59.0 Å². The molecule has 1 saturated heterocycles. The molecule has 3 rings (SSSR count). The topological polar surface area (TPSA) is 49.4 Å². The Kier molecular flexibility index (Phi) is 3.74. The molecule has 2 aliphatic rings. The van der Waals surface area contributed by atoms with Gasteiger partial charge in [-0.05, 0) is 48.6 Å². The van der Waals surface area contributed by atoms with E-state index in [-0.39, 0.29) is 17.4 Å². The predicted octanol–water partition coefficient (Wildman–Crippen LogP) is 3.63. The summed E-state index contributed by atoms with van der Waals surface area (Å²) in [6.45, 7) is 8.91. The van der Waals surface area contributed by atoms with Crippen molar-refractivity contribution >= 4 is 11.9 Å². The highest BCUT2D eigenvalue weighted by Gasteiger charge is 2.55. The molecule has 4 heteroatoms. The zero-order valence-corrected chi connectivity index (χ0v) is 14.5. The summed E-state index contributed by atoms with van der Waals surface area (Å²) in [6, 6.07) is 7.66. The number of rotatable bonds is 2. The Morgan fingerprint density at radius 3 is 2.57 bits per heavy atom. The predicted molar refractivity (Wildman–Crippen MR) is 89.8 cm³/mol. The number of hydrogen-bond donors (Lipinski definition) is 1. The summed E-state index contributed by atoms with van der Waals surface area (Å²) in [5, 5.41) is 3.03. The van der Waals surface area contributed by atoms with Crippen molar-refractivity contribution in [1.29, 1.82) is 0 Å². The summed E-state index contributed by atoms with van der Waals surface area (Å²) in [6.07, 6.45) is 2.56. The summed E-state index contributed by atoms with van der Waals surface area (Å²) >= 11 is 0. The molecule has 1 spiro atoms. The molecule has 124 valence electrons. The van der Waals surface area contributed by atoms with Gasteiger partial charge in [0.2, 0.25) is 0 Å². The van der Waals surface area contributed by atoms with Gasteiger partial charge in [-0.2, -0.15) is 0 Å². The molecule has 1 saturated carbocycles. The second-order valence-electron chi connectivity index (χ2n) is 8.18. The number of aryl methyl sites for hydroxylation is 1. The molecule has 1 heterocycles. The first-order valence-electron chi connectivity index (χ1n) is 8.41. The molecule has 1 N–H and O–H groups in total. The first-order valence-corrected chi connectivity index (χ1v) is 8.41. The highest BCUT2D eigenvalue weighted by atomic mass is 16.2. The third-order valence-corrected chi connectivity index (χ3v) is 5.21. The maximum absolute atomic E-state index is 13.1. The molecule has 1 aromatic carbocycles. The van der Waals surface area contributed by atoms with Gasteiger partial charge in [-0.3, -0.25) is 9.69 Å². The molecule has 4 nitrogen and oxygen atoms in total. The van der Waals surface area contributed by atoms with E-state index in [0.29, 0.717) is 12.5 Å². The fourth-order valence-electron chi connectivity index (χ4n) is 4.61. The summed E-state index contributed by atoms with van der Waals surface area (Å²) < 4.78 is 0. The van der Waals surface area contributed by atoms with Crippen molar-refractivity contribution in [3.05, 3.63) is 35.4 Å². The van der Waals surface area contributed by atoms with Crippen molar-refractivity contribution in [2.75, 3.05) is 0 Å². The van der Waals surface area contributed by atoms with E-state index in [1.807, 2.05) is 31.2 Å². The first kappa shape index (κ1) is 16.0. The van der Waals surface area contributed by atoms with Crippen molar-refractivity contribution in [3.8, 4) is 0 Å². The number of imide groups is 1. The molecule has 23 heavy (non-hydrogen) atoms. The Bertz CT molecular complexity index is 653. The van der Waals surface area contributed by atoms with E-state index in [4.69, 9.17) is 0 Å². The van der Waals surface area contributed by atoms with Crippen LogP contribution in [0, 0.1) is 18.3 Å². The van der Waals surface area contributed by atoms with E-state index in [9.17, 15) is 9.59 Å². The number of nitrogens with zero attached hydrogens (tertiary/aromatic N) is 1. The third-order valence-electron chi connectivity index (χ3n) is 5.21. The zero-order valence-electron chi connectivity index (χ0n) is 14.5. The number of urea groups is 1. The van der Waals surface area contributed by atoms with Crippen LogP contribution in [0.4, 0.5) is 4.79 Å². The van der Waals surface area contributed by atoms with Crippen molar-refractivity contribution in [1.82, 2.24) is 10.2 Å². The Labute approximate surface area is 138 Å². The first-order chi connectivity index (χ1) is 10.7. The summed E-state index contributed by atoms with van der Waals surface area (Å²) in [5.74, 6) is 0.381. The van der Waals surface area contributed by atoms with Crippen molar-refractivity contribution in [3.63, 3.8) is 0 Å². The second-order valence-corrected chi connectivity index (χ2v) is 8.18. The van der Waals surface area contributed by atoms with E-state index in [0.717, 1.165) is 30.4 Å². The van der Waals surface area contributed by atoms with Gasteiger partial charge < -0.3 is 5.32 Å². The van der Waals surface area contributed by atoms with Crippen molar-refractivity contribution < 1.29 is 9.59 Å². The molecule has 2 atom stereocenters. The molecule has 0 aromatic heterocycles. The van der Waals surface area contributed by atoms with Gasteiger partial charge in [-0.15, -0.1) is 0 Å². The average molecular weight is 314 g/mol. The van der Waals surface area contributed by atoms with Crippen molar-refractivity contribution in [2.24, 2.45) is 11.3 Å².